The molecule has 1 heterocycles. The van der Waals surface area contributed by atoms with Gasteiger partial charge in [-0.25, -0.2) is 4.39 Å². The SMILES string of the molecule is CCC(=O)NCC1CCCOCC1.CCc1cccc(CO)c1F. The third-order valence-corrected chi connectivity index (χ3v) is 4.19. The number of benzene rings is 1. The number of carbonyl (C=O) groups excluding carboxylic acids is 1. The summed E-state index contributed by atoms with van der Waals surface area (Å²) in [4.78, 5) is 11.0. The van der Waals surface area contributed by atoms with E-state index in [1.54, 1.807) is 18.2 Å². The van der Waals surface area contributed by atoms with Gasteiger partial charge in [-0.1, -0.05) is 32.0 Å². The van der Waals surface area contributed by atoms with Gasteiger partial charge >= 0.3 is 0 Å². The summed E-state index contributed by atoms with van der Waals surface area (Å²) in [6.45, 7) is 6.12. The number of aliphatic hydroxyl groups is 1. The molecular formula is C19H30FNO3. The van der Waals surface area contributed by atoms with Crippen molar-refractivity contribution in [1.29, 1.82) is 0 Å². The molecule has 0 radical (unpaired) electrons. The largest absolute Gasteiger partial charge is 0.392 e. The van der Waals surface area contributed by atoms with Crippen molar-refractivity contribution in [3.05, 3.63) is 35.1 Å². The highest BCUT2D eigenvalue weighted by Crippen LogP contribution is 2.14. The molecule has 2 rings (SSSR count). The lowest BCUT2D eigenvalue weighted by molar-refractivity contribution is -0.120. The van der Waals surface area contributed by atoms with Gasteiger partial charge in [0.2, 0.25) is 5.91 Å². The van der Waals surface area contributed by atoms with E-state index in [0.29, 0.717) is 29.9 Å². The molecule has 1 saturated heterocycles. The van der Waals surface area contributed by atoms with Crippen LogP contribution in [0.2, 0.25) is 0 Å². The number of rotatable bonds is 5. The number of halogens is 1. The number of hydrogen-bond donors (Lipinski definition) is 2. The zero-order valence-corrected chi connectivity index (χ0v) is 14.8. The molecule has 0 spiro atoms. The molecule has 1 aromatic carbocycles. The molecule has 0 saturated carbocycles. The lowest BCUT2D eigenvalue weighted by Crippen LogP contribution is -2.28. The fourth-order valence-corrected chi connectivity index (χ4v) is 2.59. The quantitative estimate of drug-likeness (QED) is 0.866. The average molecular weight is 339 g/mol. The first-order valence-corrected chi connectivity index (χ1v) is 8.83. The van der Waals surface area contributed by atoms with Crippen molar-refractivity contribution in [2.45, 2.75) is 52.6 Å². The van der Waals surface area contributed by atoms with E-state index in [-0.39, 0.29) is 18.3 Å². The maximum atomic E-state index is 13.1. The maximum absolute atomic E-state index is 13.1. The van der Waals surface area contributed by atoms with E-state index in [4.69, 9.17) is 9.84 Å². The Labute approximate surface area is 144 Å². The van der Waals surface area contributed by atoms with Gasteiger partial charge in [-0.05, 0) is 37.2 Å². The Bertz CT molecular complexity index is 463. The monoisotopic (exact) mass is 339 g/mol. The smallest absolute Gasteiger partial charge is 0.219 e. The number of aryl methyl sites for hydroxylation is 1. The van der Waals surface area contributed by atoms with Crippen LogP contribution in [0.25, 0.3) is 0 Å². The van der Waals surface area contributed by atoms with Crippen LogP contribution < -0.4 is 5.32 Å². The summed E-state index contributed by atoms with van der Waals surface area (Å²) < 4.78 is 18.5. The molecule has 24 heavy (non-hydrogen) atoms. The van der Waals surface area contributed by atoms with Crippen LogP contribution in [-0.2, 0) is 22.6 Å². The highest BCUT2D eigenvalue weighted by molar-refractivity contribution is 5.75. The van der Waals surface area contributed by atoms with Gasteiger partial charge in [0.1, 0.15) is 5.82 Å². The maximum Gasteiger partial charge on any atom is 0.219 e. The second-order valence-electron chi connectivity index (χ2n) is 5.97. The number of aliphatic hydroxyl groups excluding tert-OH is 1. The molecule has 4 nitrogen and oxygen atoms in total. The minimum atomic E-state index is -0.266. The molecule has 1 aliphatic heterocycles. The first-order chi connectivity index (χ1) is 11.6. The Morgan fingerprint density at radius 3 is 2.71 bits per heavy atom. The predicted octanol–water partition coefficient (Wildman–Crippen LogP) is 3.21. The zero-order chi connectivity index (χ0) is 17.8. The second kappa shape index (κ2) is 12.0. The number of amides is 1. The summed E-state index contributed by atoms with van der Waals surface area (Å²) in [5.74, 6) is 0.515. The topological polar surface area (TPSA) is 58.6 Å². The number of nitrogens with one attached hydrogen (secondary N) is 1. The summed E-state index contributed by atoms with van der Waals surface area (Å²) in [5.41, 5.74) is 1.04. The molecule has 0 aliphatic carbocycles. The zero-order valence-electron chi connectivity index (χ0n) is 14.8. The average Bonchev–Trinajstić information content (AvgIpc) is 2.89. The van der Waals surface area contributed by atoms with E-state index in [9.17, 15) is 9.18 Å². The Kier molecular flexibility index (Phi) is 10.3. The Morgan fingerprint density at radius 1 is 1.29 bits per heavy atom. The molecule has 5 heteroatoms. The van der Waals surface area contributed by atoms with Gasteiger partial charge in [0.25, 0.3) is 0 Å². The van der Waals surface area contributed by atoms with Crippen molar-refractivity contribution in [2.75, 3.05) is 19.8 Å². The van der Waals surface area contributed by atoms with Gasteiger partial charge in [-0.2, -0.15) is 0 Å². The third kappa shape index (κ3) is 7.41. The Hall–Kier alpha value is -1.46. The van der Waals surface area contributed by atoms with Crippen LogP contribution in [0.5, 0.6) is 0 Å². The van der Waals surface area contributed by atoms with Crippen molar-refractivity contribution >= 4 is 5.91 Å². The Balaban J connectivity index is 0.000000243. The first-order valence-electron chi connectivity index (χ1n) is 8.83. The molecule has 1 amide bonds. The third-order valence-electron chi connectivity index (χ3n) is 4.19. The van der Waals surface area contributed by atoms with Crippen molar-refractivity contribution in [2.24, 2.45) is 5.92 Å². The predicted molar refractivity (Wildman–Crippen MR) is 93.2 cm³/mol. The van der Waals surface area contributed by atoms with Crippen LogP contribution in [-0.4, -0.2) is 30.8 Å². The molecule has 0 aromatic heterocycles. The van der Waals surface area contributed by atoms with E-state index in [2.05, 4.69) is 5.32 Å². The minimum Gasteiger partial charge on any atom is -0.392 e. The first kappa shape index (κ1) is 20.6. The summed E-state index contributed by atoms with van der Waals surface area (Å²) in [7, 11) is 0. The summed E-state index contributed by atoms with van der Waals surface area (Å²) in [6.07, 6.45) is 4.66. The number of carbonyl (C=O) groups is 1. The molecule has 1 aliphatic rings. The lowest BCUT2D eigenvalue weighted by Gasteiger charge is -2.13. The molecule has 1 atom stereocenters. The molecule has 1 fully saturated rings. The fraction of sp³-hybridized carbons (Fsp3) is 0.632. The van der Waals surface area contributed by atoms with Crippen LogP contribution in [0, 0.1) is 11.7 Å². The molecule has 1 unspecified atom stereocenters. The van der Waals surface area contributed by atoms with E-state index in [1.165, 1.54) is 6.42 Å². The van der Waals surface area contributed by atoms with Gasteiger partial charge in [0, 0.05) is 31.7 Å². The van der Waals surface area contributed by atoms with Crippen molar-refractivity contribution < 1.29 is 19.0 Å². The summed E-state index contributed by atoms with van der Waals surface area (Å²) >= 11 is 0. The van der Waals surface area contributed by atoms with E-state index in [1.807, 2.05) is 13.8 Å². The number of ether oxygens (including phenoxy) is 1. The van der Waals surface area contributed by atoms with Gasteiger partial charge < -0.3 is 15.2 Å². The van der Waals surface area contributed by atoms with Crippen LogP contribution in [0.4, 0.5) is 4.39 Å². The van der Waals surface area contributed by atoms with Crippen LogP contribution >= 0.6 is 0 Å². The van der Waals surface area contributed by atoms with Crippen molar-refractivity contribution in [3.63, 3.8) is 0 Å². The van der Waals surface area contributed by atoms with E-state index < -0.39 is 0 Å². The van der Waals surface area contributed by atoms with Gasteiger partial charge in [0.05, 0.1) is 6.61 Å². The van der Waals surface area contributed by atoms with Crippen molar-refractivity contribution in [3.8, 4) is 0 Å². The molecular weight excluding hydrogens is 309 g/mol. The Morgan fingerprint density at radius 2 is 2.04 bits per heavy atom. The lowest BCUT2D eigenvalue weighted by atomic mass is 10.0. The van der Waals surface area contributed by atoms with E-state index >= 15 is 0 Å². The fourth-order valence-electron chi connectivity index (χ4n) is 2.59. The molecule has 2 N–H and O–H groups in total. The van der Waals surface area contributed by atoms with E-state index in [0.717, 1.165) is 32.6 Å². The normalized spacial score (nSPS) is 17.4. The summed E-state index contributed by atoms with van der Waals surface area (Å²) in [6, 6.07) is 5.08. The highest BCUT2D eigenvalue weighted by atomic mass is 19.1. The minimum absolute atomic E-state index is 0.158. The summed E-state index contributed by atoms with van der Waals surface area (Å²) in [5, 5.41) is 11.6. The van der Waals surface area contributed by atoms with Gasteiger partial charge in [-0.15, -0.1) is 0 Å². The van der Waals surface area contributed by atoms with Crippen LogP contribution in [0.3, 0.4) is 0 Å². The molecule has 136 valence electrons. The van der Waals surface area contributed by atoms with Crippen LogP contribution in [0.15, 0.2) is 18.2 Å². The van der Waals surface area contributed by atoms with Gasteiger partial charge in [-0.3, -0.25) is 4.79 Å². The highest BCUT2D eigenvalue weighted by Gasteiger charge is 2.12. The standard InChI is InChI=1S/C10H19NO2.C9H11FO/c1-2-10(12)11-8-9-4-3-6-13-7-5-9;1-2-7-4-3-5-8(6-11)9(7)10/h9H,2-8H2,1H3,(H,11,12);3-5,11H,2,6H2,1H3. The van der Waals surface area contributed by atoms with Crippen molar-refractivity contribution in [1.82, 2.24) is 5.32 Å². The molecule has 1 aromatic rings. The van der Waals surface area contributed by atoms with Gasteiger partial charge in [0.15, 0.2) is 0 Å². The second-order valence-corrected chi connectivity index (χ2v) is 5.97. The molecule has 0 bridgehead atoms. The van der Waals surface area contributed by atoms with Crippen LogP contribution in [0.1, 0.15) is 50.7 Å². The number of hydrogen-bond acceptors (Lipinski definition) is 3.